The van der Waals surface area contributed by atoms with Gasteiger partial charge in [-0.1, -0.05) is 17.7 Å². The molecule has 1 atom stereocenters. The predicted molar refractivity (Wildman–Crippen MR) is 82.6 cm³/mol. The zero-order valence-electron chi connectivity index (χ0n) is 11.4. The van der Waals surface area contributed by atoms with Crippen LogP contribution in [-0.2, 0) is 6.42 Å². The van der Waals surface area contributed by atoms with Crippen molar-refractivity contribution in [2.75, 3.05) is 5.32 Å². The summed E-state index contributed by atoms with van der Waals surface area (Å²) in [7, 11) is 0. The summed E-state index contributed by atoms with van der Waals surface area (Å²) < 4.78 is 0. The van der Waals surface area contributed by atoms with Gasteiger partial charge in [0.2, 0.25) is 5.56 Å². The number of aryl methyl sites for hydroxylation is 1. The Bertz CT molecular complexity index is 693. The summed E-state index contributed by atoms with van der Waals surface area (Å²) >= 11 is 6.17. The van der Waals surface area contributed by atoms with E-state index in [0.717, 1.165) is 41.2 Å². The Balaban J connectivity index is 1.93. The summed E-state index contributed by atoms with van der Waals surface area (Å²) in [6.45, 7) is 2.02. The monoisotopic (exact) mass is 288 g/mol. The van der Waals surface area contributed by atoms with Crippen molar-refractivity contribution in [3.63, 3.8) is 0 Å². The standard InChI is InChI=1S/C16H17ClN2O/c1-10-12(17)4-2-5-13(10)18-14-6-3-7-15-11(14)8-9-16(20)19-15/h2,4-5,8-9,14,18H,3,6-7H2,1H3,(H,19,20). The first-order valence-electron chi connectivity index (χ1n) is 6.89. The van der Waals surface area contributed by atoms with Gasteiger partial charge in [-0.3, -0.25) is 4.79 Å². The van der Waals surface area contributed by atoms with Crippen LogP contribution in [0.2, 0.25) is 5.02 Å². The fourth-order valence-electron chi connectivity index (χ4n) is 2.80. The van der Waals surface area contributed by atoms with Gasteiger partial charge in [0, 0.05) is 22.5 Å². The van der Waals surface area contributed by atoms with E-state index in [1.807, 2.05) is 31.2 Å². The smallest absolute Gasteiger partial charge is 0.248 e. The van der Waals surface area contributed by atoms with Crippen molar-refractivity contribution in [2.45, 2.75) is 32.2 Å². The van der Waals surface area contributed by atoms with Crippen molar-refractivity contribution in [3.05, 3.63) is 62.5 Å². The molecular formula is C16H17ClN2O. The van der Waals surface area contributed by atoms with E-state index in [9.17, 15) is 4.79 Å². The molecule has 1 aromatic carbocycles. The zero-order chi connectivity index (χ0) is 14.1. The molecule has 1 heterocycles. The van der Waals surface area contributed by atoms with E-state index >= 15 is 0 Å². The van der Waals surface area contributed by atoms with Gasteiger partial charge in [0.05, 0.1) is 6.04 Å². The topological polar surface area (TPSA) is 44.9 Å². The van der Waals surface area contributed by atoms with E-state index in [0.29, 0.717) is 0 Å². The van der Waals surface area contributed by atoms with Crippen LogP contribution in [0.25, 0.3) is 0 Å². The van der Waals surface area contributed by atoms with E-state index in [-0.39, 0.29) is 11.6 Å². The molecule has 0 bridgehead atoms. The lowest BCUT2D eigenvalue weighted by molar-refractivity contribution is 0.586. The summed E-state index contributed by atoms with van der Waals surface area (Å²) in [6.07, 6.45) is 3.08. The van der Waals surface area contributed by atoms with Crippen molar-refractivity contribution < 1.29 is 0 Å². The number of aromatic nitrogens is 1. The first-order valence-corrected chi connectivity index (χ1v) is 7.26. The highest BCUT2D eigenvalue weighted by Gasteiger charge is 2.21. The lowest BCUT2D eigenvalue weighted by Crippen LogP contribution is -2.21. The van der Waals surface area contributed by atoms with Crippen LogP contribution < -0.4 is 10.9 Å². The summed E-state index contributed by atoms with van der Waals surface area (Å²) in [6, 6.07) is 9.66. The average Bonchev–Trinajstić information content (AvgIpc) is 2.44. The molecule has 1 aliphatic rings. The molecule has 0 spiro atoms. The molecule has 3 rings (SSSR count). The van der Waals surface area contributed by atoms with E-state index < -0.39 is 0 Å². The number of H-pyrrole nitrogens is 1. The molecule has 0 saturated heterocycles. The fraction of sp³-hybridized carbons (Fsp3) is 0.312. The number of halogens is 1. The SMILES string of the molecule is Cc1c(Cl)cccc1NC1CCCc2[nH]c(=O)ccc21. The van der Waals surface area contributed by atoms with E-state index in [2.05, 4.69) is 10.3 Å². The van der Waals surface area contributed by atoms with Crippen molar-refractivity contribution in [1.82, 2.24) is 4.98 Å². The molecule has 1 aromatic heterocycles. The number of anilines is 1. The first kappa shape index (κ1) is 13.3. The highest BCUT2D eigenvalue weighted by molar-refractivity contribution is 6.31. The summed E-state index contributed by atoms with van der Waals surface area (Å²) in [4.78, 5) is 14.4. The van der Waals surface area contributed by atoms with Crippen LogP contribution in [0.5, 0.6) is 0 Å². The quantitative estimate of drug-likeness (QED) is 0.882. The van der Waals surface area contributed by atoms with Crippen LogP contribution in [0.3, 0.4) is 0 Å². The summed E-state index contributed by atoms with van der Waals surface area (Å²) in [5, 5.41) is 4.33. The predicted octanol–water partition coefficient (Wildman–Crippen LogP) is 3.83. The maximum Gasteiger partial charge on any atom is 0.248 e. The molecule has 0 radical (unpaired) electrons. The first-order chi connectivity index (χ1) is 9.65. The number of rotatable bonds is 2. The molecule has 0 fully saturated rings. The van der Waals surface area contributed by atoms with E-state index in [1.54, 1.807) is 6.07 Å². The maximum absolute atomic E-state index is 11.4. The van der Waals surface area contributed by atoms with Crippen molar-refractivity contribution in [1.29, 1.82) is 0 Å². The van der Waals surface area contributed by atoms with Gasteiger partial charge in [0.15, 0.2) is 0 Å². The Hall–Kier alpha value is -1.74. The molecule has 104 valence electrons. The molecule has 3 nitrogen and oxygen atoms in total. The van der Waals surface area contributed by atoms with Crippen molar-refractivity contribution in [2.24, 2.45) is 0 Å². The second-order valence-corrected chi connectivity index (χ2v) is 5.67. The summed E-state index contributed by atoms with van der Waals surface area (Å²) in [5.74, 6) is 0. The Labute approximate surface area is 123 Å². The van der Waals surface area contributed by atoms with Gasteiger partial charge in [0.25, 0.3) is 0 Å². The largest absolute Gasteiger partial charge is 0.378 e. The second-order valence-electron chi connectivity index (χ2n) is 5.26. The van der Waals surface area contributed by atoms with E-state index in [1.165, 1.54) is 5.56 Å². The second kappa shape index (κ2) is 5.33. The van der Waals surface area contributed by atoms with Crippen molar-refractivity contribution in [3.8, 4) is 0 Å². The number of pyridine rings is 1. The molecular weight excluding hydrogens is 272 g/mol. The zero-order valence-corrected chi connectivity index (χ0v) is 12.1. The van der Waals surface area contributed by atoms with E-state index in [4.69, 9.17) is 11.6 Å². The van der Waals surface area contributed by atoms with Gasteiger partial charge < -0.3 is 10.3 Å². The van der Waals surface area contributed by atoms with Crippen LogP contribution in [0.4, 0.5) is 5.69 Å². The Morgan fingerprint density at radius 1 is 1.30 bits per heavy atom. The Kier molecular flexibility index (Phi) is 3.53. The number of benzene rings is 1. The highest BCUT2D eigenvalue weighted by atomic mass is 35.5. The number of aromatic amines is 1. The Morgan fingerprint density at radius 3 is 3.00 bits per heavy atom. The average molecular weight is 289 g/mol. The van der Waals surface area contributed by atoms with Crippen LogP contribution in [0.1, 0.15) is 35.7 Å². The van der Waals surface area contributed by atoms with Crippen LogP contribution in [-0.4, -0.2) is 4.98 Å². The minimum atomic E-state index is -0.0247. The normalized spacial score (nSPS) is 17.6. The molecule has 0 amide bonds. The number of nitrogens with one attached hydrogen (secondary N) is 2. The third-order valence-corrected chi connectivity index (χ3v) is 4.34. The van der Waals surface area contributed by atoms with Crippen LogP contribution in [0, 0.1) is 6.92 Å². The van der Waals surface area contributed by atoms with Gasteiger partial charge >= 0.3 is 0 Å². The van der Waals surface area contributed by atoms with Gasteiger partial charge in [-0.15, -0.1) is 0 Å². The lowest BCUT2D eigenvalue weighted by atomic mass is 9.91. The molecule has 0 saturated carbocycles. The summed E-state index contributed by atoms with van der Waals surface area (Å²) in [5.41, 5.74) is 4.34. The fourth-order valence-corrected chi connectivity index (χ4v) is 2.98. The molecule has 4 heteroatoms. The van der Waals surface area contributed by atoms with Gasteiger partial charge in [-0.05, 0) is 55.5 Å². The van der Waals surface area contributed by atoms with Crippen LogP contribution in [0.15, 0.2) is 35.1 Å². The highest BCUT2D eigenvalue weighted by Crippen LogP contribution is 2.33. The molecule has 1 unspecified atom stereocenters. The lowest BCUT2D eigenvalue weighted by Gasteiger charge is -2.27. The molecule has 1 aliphatic carbocycles. The minimum absolute atomic E-state index is 0.0247. The number of fused-ring (bicyclic) bond motifs is 1. The van der Waals surface area contributed by atoms with Gasteiger partial charge in [-0.2, -0.15) is 0 Å². The third kappa shape index (κ3) is 2.46. The number of hydrogen-bond acceptors (Lipinski definition) is 2. The van der Waals surface area contributed by atoms with Gasteiger partial charge in [-0.25, -0.2) is 0 Å². The molecule has 0 aliphatic heterocycles. The Morgan fingerprint density at radius 2 is 2.15 bits per heavy atom. The minimum Gasteiger partial charge on any atom is -0.378 e. The number of hydrogen-bond donors (Lipinski definition) is 2. The third-order valence-electron chi connectivity index (χ3n) is 3.93. The maximum atomic E-state index is 11.4. The molecule has 20 heavy (non-hydrogen) atoms. The van der Waals surface area contributed by atoms with Crippen molar-refractivity contribution >= 4 is 17.3 Å². The van der Waals surface area contributed by atoms with Gasteiger partial charge in [0.1, 0.15) is 0 Å². The molecule has 2 aromatic rings. The van der Waals surface area contributed by atoms with Crippen LogP contribution >= 0.6 is 11.6 Å². The molecule has 2 N–H and O–H groups in total.